The molecule has 1 aliphatic carbocycles. The molecule has 2 unspecified atom stereocenters. The van der Waals surface area contributed by atoms with Crippen LogP contribution in [0.2, 0.25) is 0 Å². The Kier molecular flexibility index (Phi) is 3.53. The summed E-state index contributed by atoms with van der Waals surface area (Å²) >= 11 is 0. The maximum absolute atomic E-state index is 3.82. The first-order valence-corrected chi connectivity index (χ1v) is 8.07. The molecule has 3 rings (SSSR count). The van der Waals surface area contributed by atoms with E-state index in [1.54, 1.807) is 0 Å². The van der Waals surface area contributed by atoms with Crippen LogP contribution in [0.3, 0.4) is 0 Å². The lowest BCUT2D eigenvalue weighted by molar-refractivity contribution is 0.257. The molecule has 1 aromatic carbocycles. The van der Waals surface area contributed by atoms with Crippen molar-refractivity contribution in [3.8, 4) is 0 Å². The van der Waals surface area contributed by atoms with Crippen molar-refractivity contribution in [3.63, 3.8) is 0 Å². The number of nitrogens with zero attached hydrogens (tertiary/aromatic N) is 1. The smallest absolute Gasteiger partial charge is 0.0403 e. The van der Waals surface area contributed by atoms with Gasteiger partial charge in [0.15, 0.2) is 0 Å². The molecule has 0 amide bonds. The van der Waals surface area contributed by atoms with Gasteiger partial charge in [-0.25, -0.2) is 0 Å². The highest BCUT2D eigenvalue weighted by Gasteiger charge is 2.38. The lowest BCUT2D eigenvalue weighted by Crippen LogP contribution is -2.31. The number of hydrogen-bond acceptors (Lipinski definition) is 2. The second-order valence-corrected chi connectivity index (χ2v) is 7.65. The van der Waals surface area contributed by atoms with E-state index in [-0.39, 0.29) is 5.41 Å². The monoisotopic (exact) mass is 272 g/mol. The summed E-state index contributed by atoms with van der Waals surface area (Å²) in [5, 5.41) is 3.82. The van der Waals surface area contributed by atoms with Crippen molar-refractivity contribution in [2.24, 2.45) is 0 Å². The van der Waals surface area contributed by atoms with Crippen molar-refractivity contribution in [2.45, 2.75) is 70.5 Å². The van der Waals surface area contributed by atoms with Crippen LogP contribution in [0.25, 0.3) is 0 Å². The SMILES string of the molecule is CC1CC(Nc2ccccc2C(C)(C)C)CN1C1CC1. The minimum atomic E-state index is 0.198. The summed E-state index contributed by atoms with van der Waals surface area (Å²) in [5.74, 6) is 0. The Morgan fingerprint density at radius 1 is 1.15 bits per heavy atom. The van der Waals surface area contributed by atoms with Gasteiger partial charge in [-0.2, -0.15) is 0 Å². The molecule has 1 aliphatic heterocycles. The molecule has 0 radical (unpaired) electrons. The van der Waals surface area contributed by atoms with Gasteiger partial charge in [0, 0.05) is 30.4 Å². The molecule has 0 aromatic heterocycles. The van der Waals surface area contributed by atoms with Crippen LogP contribution in [-0.4, -0.2) is 29.6 Å². The number of likely N-dealkylation sites (tertiary alicyclic amines) is 1. The molecule has 1 N–H and O–H groups in total. The highest BCUT2D eigenvalue weighted by Crippen LogP contribution is 2.35. The fourth-order valence-corrected chi connectivity index (χ4v) is 3.56. The topological polar surface area (TPSA) is 15.3 Å². The molecule has 2 atom stereocenters. The molecule has 2 nitrogen and oxygen atoms in total. The van der Waals surface area contributed by atoms with Gasteiger partial charge in [-0.15, -0.1) is 0 Å². The van der Waals surface area contributed by atoms with Crippen molar-refractivity contribution < 1.29 is 0 Å². The first-order chi connectivity index (χ1) is 9.45. The number of hydrogen-bond donors (Lipinski definition) is 1. The summed E-state index contributed by atoms with van der Waals surface area (Å²) in [6.45, 7) is 10.5. The van der Waals surface area contributed by atoms with Gasteiger partial charge in [-0.3, -0.25) is 4.90 Å². The first-order valence-electron chi connectivity index (χ1n) is 8.07. The van der Waals surface area contributed by atoms with Crippen molar-refractivity contribution in [1.82, 2.24) is 4.90 Å². The third kappa shape index (κ3) is 2.85. The van der Waals surface area contributed by atoms with E-state index in [0.717, 1.165) is 12.1 Å². The van der Waals surface area contributed by atoms with E-state index in [1.165, 1.54) is 37.1 Å². The summed E-state index contributed by atoms with van der Waals surface area (Å²) in [7, 11) is 0. The number of nitrogens with one attached hydrogen (secondary N) is 1. The summed E-state index contributed by atoms with van der Waals surface area (Å²) in [5.41, 5.74) is 2.96. The standard InChI is InChI=1S/C18H28N2/c1-13-11-14(12-20(13)15-9-10-15)19-17-8-6-5-7-16(17)18(2,3)4/h5-8,13-15,19H,9-12H2,1-4H3. The molecule has 0 spiro atoms. The van der Waals surface area contributed by atoms with E-state index in [0.29, 0.717) is 6.04 Å². The minimum absolute atomic E-state index is 0.198. The van der Waals surface area contributed by atoms with Crippen LogP contribution >= 0.6 is 0 Å². The highest BCUT2D eigenvalue weighted by atomic mass is 15.3. The van der Waals surface area contributed by atoms with Gasteiger partial charge in [0.2, 0.25) is 0 Å². The third-order valence-corrected chi connectivity index (χ3v) is 4.73. The molecular formula is C18H28N2. The van der Waals surface area contributed by atoms with Gasteiger partial charge in [0.1, 0.15) is 0 Å². The van der Waals surface area contributed by atoms with E-state index in [2.05, 4.69) is 62.2 Å². The maximum atomic E-state index is 3.82. The first kappa shape index (κ1) is 13.9. The molecule has 20 heavy (non-hydrogen) atoms. The zero-order valence-corrected chi connectivity index (χ0v) is 13.3. The maximum Gasteiger partial charge on any atom is 0.0403 e. The van der Waals surface area contributed by atoms with Crippen LogP contribution in [0.15, 0.2) is 24.3 Å². The molecule has 2 heteroatoms. The van der Waals surface area contributed by atoms with Crippen molar-refractivity contribution in [2.75, 3.05) is 11.9 Å². The lowest BCUT2D eigenvalue weighted by atomic mass is 9.85. The Labute approximate surface area is 123 Å². The third-order valence-electron chi connectivity index (χ3n) is 4.73. The fraction of sp³-hybridized carbons (Fsp3) is 0.667. The Balaban J connectivity index is 1.72. The molecular weight excluding hydrogens is 244 g/mol. The van der Waals surface area contributed by atoms with E-state index >= 15 is 0 Å². The normalized spacial score (nSPS) is 27.8. The molecule has 0 bridgehead atoms. The van der Waals surface area contributed by atoms with Gasteiger partial charge >= 0.3 is 0 Å². The number of para-hydroxylation sites is 1. The zero-order valence-electron chi connectivity index (χ0n) is 13.3. The molecule has 1 saturated heterocycles. The highest BCUT2D eigenvalue weighted by molar-refractivity contribution is 5.55. The van der Waals surface area contributed by atoms with Gasteiger partial charge in [-0.1, -0.05) is 39.0 Å². The lowest BCUT2D eigenvalue weighted by Gasteiger charge is -2.25. The van der Waals surface area contributed by atoms with Crippen molar-refractivity contribution in [1.29, 1.82) is 0 Å². The Morgan fingerprint density at radius 3 is 2.50 bits per heavy atom. The second kappa shape index (κ2) is 5.07. The summed E-state index contributed by atoms with van der Waals surface area (Å²) < 4.78 is 0. The van der Waals surface area contributed by atoms with Crippen molar-refractivity contribution >= 4 is 5.69 Å². The average molecular weight is 272 g/mol. The van der Waals surface area contributed by atoms with Gasteiger partial charge in [0.25, 0.3) is 0 Å². The quantitative estimate of drug-likeness (QED) is 0.894. The van der Waals surface area contributed by atoms with Gasteiger partial charge in [-0.05, 0) is 43.2 Å². The predicted octanol–water partition coefficient (Wildman–Crippen LogP) is 4.02. The fourth-order valence-electron chi connectivity index (χ4n) is 3.56. The van der Waals surface area contributed by atoms with Crippen LogP contribution < -0.4 is 5.32 Å². The van der Waals surface area contributed by atoms with Crippen LogP contribution in [0, 0.1) is 0 Å². The van der Waals surface area contributed by atoms with Crippen LogP contribution in [-0.2, 0) is 5.41 Å². The summed E-state index contributed by atoms with van der Waals surface area (Å²) in [6, 6.07) is 11.0. The van der Waals surface area contributed by atoms with Crippen molar-refractivity contribution in [3.05, 3.63) is 29.8 Å². The number of rotatable bonds is 3. The van der Waals surface area contributed by atoms with Crippen LogP contribution in [0.4, 0.5) is 5.69 Å². The molecule has 2 fully saturated rings. The molecule has 110 valence electrons. The molecule has 2 aliphatic rings. The van der Waals surface area contributed by atoms with E-state index in [9.17, 15) is 0 Å². The number of anilines is 1. The predicted molar refractivity (Wildman–Crippen MR) is 86.4 cm³/mol. The molecule has 1 heterocycles. The Hall–Kier alpha value is -1.02. The summed E-state index contributed by atoms with van der Waals surface area (Å²) in [4.78, 5) is 2.71. The summed E-state index contributed by atoms with van der Waals surface area (Å²) in [6.07, 6.45) is 4.10. The average Bonchev–Trinajstić information content (AvgIpc) is 3.14. The van der Waals surface area contributed by atoms with Gasteiger partial charge < -0.3 is 5.32 Å². The molecule has 1 aromatic rings. The van der Waals surface area contributed by atoms with Crippen LogP contribution in [0.5, 0.6) is 0 Å². The largest absolute Gasteiger partial charge is 0.381 e. The molecule has 1 saturated carbocycles. The van der Waals surface area contributed by atoms with E-state index < -0.39 is 0 Å². The van der Waals surface area contributed by atoms with Gasteiger partial charge in [0.05, 0.1) is 0 Å². The van der Waals surface area contributed by atoms with Crippen LogP contribution in [0.1, 0.15) is 52.5 Å². The minimum Gasteiger partial charge on any atom is -0.381 e. The zero-order chi connectivity index (χ0) is 14.3. The second-order valence-electron chi connectivity index (χ2n) is 7.65. The Morgan fingerprint density at radius 2 is 1.85 bits per heavy atom. The number of benzene rings is 1. The van der Waals surface area contributed by atoms with E-state index in [1.807, 2.05) is 0 Å². The van der Waals surface area contributed by atoms with E-state index in [4.69, 9.17) is 0 Å². The Bertz CT molecular complexity index is 471.